The maximum Gasteiger partial charge on any atom is 0.270 e. The Morgan fingerprint density at radius 1 is 1.09 bits per heavy atom. The second-order valence-electron chi connectivity index (χ2n) is 5.55. The highest BCUT2D eigenvalue weighted by Gasteiger charge is 2.29. The summed E-state index contributed by atoms with van der Waals surface area (Å²) in [4.78, 5) is 3.66. The molecule has 1 aliphatic heterocycles. The van der Waals surface area contributed by atoms with E-state index in [4.69, 9.17) is 13.7 Å². The van der Waals surface area contributed by atoms with Crippen molar-refractivity contribution in [1.29, 1.82) is 0 Å². The van der Waals surface area contributed by atoms with E-state index in [1.165, 1.54) is 0 Å². The Kier molecular flexibility index (Phi) is 9.54. The third-order valence-electron chi connectivity index (χ3n) is 3.45. The van der Waals surface area contributed by atoms with Gasteiger partial charge >= 0.3 is 0 Å². The van der Waals surface area contributed by atoms with E-state index in [-0.39, 0.29) is 5.75 Å². The van der Waals surface area contributed by atoms with Crippen molar-refractivity contribution in [2.45, 2.75) is 39.0 Å². The topological polar surface area (TPSA) is 68.3 Å². The third kappa shape index (κ3) is 8.01. The highest BCUT2D eigenvalue weighted by atomic mass is 32.2. The lowest BCUT2D eigenvalue weighted by molar-refractivity contribution is -0.00904. The van der Waals surface area contributed by atoms with Crippen LogP contribution in [0.3, 0.4) is 0 Å². The van der Waals surface area contributed by atoms with Gasteiger partial charge < -0.3 is 19.3 Å². The zero-order chi connectivity index (χ0) is 17.1. The lowest BCUT2D eigenvalue weighted by atomic mass is 10.3. The summed E-state index contributed by atoms with van der Waals surface area (Å²) < 4.78 is 39.8. The van der Waals surface area contributed by atoms with Crippen LogP contribution in [0.1, 0.15) is 32.6 Å². The van der Waals surface area contributed by atoms with E-state index in [0.29, 0.717) is 26.2 Å². The van der Waals surface area contributed by atoms with E-state index in [1.54, 1.807) is 12.0 Å². The first-order chi connectivity index (χ1) is 11.0. The summed E-state index contributed by atoms with van der Waals surface area (Å²) in [6, 6.07) is 0. The summed E-state index contributed by atoms with van der Waals surface area (Å²) in [7, 11) is -0.133. The Morgan fingerprint density at radius 3 is 2.52 bits per heavy atom. The van der Waals surface area contributed by atoms with Gasteiger partial charge in [0.25, 0.3) is 10.1 Å². The summed E-state index contributed by atoms with van der Waals surface area (Å²) in [5.41, 5.74) is 0. The van der Waals surface area contributed by atoms with Gasteiger partial charge in [-0.2, -0.15) is 8.42 Å². The Morgan fingerprint density at radius 2 is 1.83 bits per heavy atom. The summed E-state index contributed by atoms with van der Waals surface area (Å²) in [6.07, 6.45) is 6.40. The molecule has 0 aromatic carbocycles. The van der Waals surface area contributed by atoms with Crippen LogP contribution in [-0.4, -0.2) is 70.8 Å². The van der Waals surface area contributed by atoms with Crippen molar-refractivity contribution in [3.05, 3.63) is 12.4 Å². The molecule has 0 aromatic heterocycles. The molecule has 1 unspecified atom stereocenters. The van der Waals surface area contributed by atoms with Crippen LogP contribution in [0.5, 0.6) is 0 Å². The number of ether oxygens (including phenoxy) is 2. The number of hydrogen-bond donors (Lipinski definition) is 0. The molecule has 0 aliphatic carbocycles. The normalized spacial score (nSPS) is 18.1. The van der Waals surface area contributed by atoms with Gasteiger partial charge in [0.1, 0.15) is 0 Å². The van der Waals surface area contributed by atoms with Gasteiger partial charge in [-0.05, 0) is 19.3 Å². The summed E-state index contributed by atoms with van der Waals surface area (Å²) in [5.74, 6) is -0.0385. The molecule has 0 aromatic rings. The number of unbranched alkanes of at least 4 members (excludes halogenated alkanes) is 1. The van der Waals surface area contributed by atoms with E-state index in [0.717, 1.165) is 25.8 Å². The summed E-state index contributed by atoms with van der Waals surface area (Å²) >= 11 is 0. The molecule has 0 spiro atoms. The Hall–Kier alpha value is -0.830. The zero-order valence-corrected chi connectivity index (χ0v) is 15.3. The fourth-order valence-corrected chi connectivity index (χ4v) is 3.22. The van der Waals surface area contributed by atoms with Crippen LogP contribution in [0.15, 0.2) is 12.4 Å². The monoisotopic (exact) mass is 350 g/mol. The second-order valence-corrected chi connectivity index (χ2v) is 7.27. The molecule has 0 fully saturated rings. The smallest absolute Gasteiger partial charge is 0.270 e. The van der Waals surface area contributed by atoms with Crippen LogP contribution in [-0.2, 0) is 23.8 Å². The lowest BCUT2D eigenvalue weighted by Crippen LogP contribution is -2.41. The maximum atomic E-state index is 12.1. The SMILES string of the molecule is CCCCN1C=CN(C)C1OS(=O)(=O)CCCOCCCOC. The van der Waals surface area contributed by atoms with Crippen LogP contribution >= 0.6 is 0 Å². The molecule has 136 valence electrons. The average Bonchev–Trinajstić information content (AvgIpc) is 2.84. The summed E-state index contributed by atoms with van der Waals surface area (Å²) in [6.45, 7) is 4.51. The van der Waals surface area contributed by atoms with Crippen molar-refractivity contribution in [3.63, 3.8) is 0 Å². The van der Waals surface area contributed by atoms with E-state index in [2.05, 4.69) is 6.92 Å². The molecule has 8 heteroatoms. The Balaban J connectivity index is 2.30. The highest BCUT2D eigenvalue weighted by Crippen LogP contribution is 2.18. The molecule has 1 heterocycles. The molecular formula is C15H30N2O5S. The molecule has 0 amide bonds. The molecule has 0 radical (unpaired) electrons. The van der Waals surface area contributed by atoms with Gasteiger partial charge in [0.15, 0.2) is 0 Å². The molecule has 7 nitrogen and oxygen atoms in total. The van der Waals surface area contributed by atoms with Crippen molar-refractivity contribution in [3.8, 4) is 0 Å². The van der Waals surface area contributed by atoms with Crippen molar-refractivity contribution < 1.29 is 22.1 Å². The van der Waals surface area contributed by atoms with Crippen molar-refractivity contribution in [2.24, 2.45) is 0 Å². The van der Waals surface area contributed by atoms with Crippen molar-refractivity contribution in [2.75, 3.05) is 46.3 Å². The predicted molar refractivity (Wildman–Crippen MR) is 89.1 cm³/mol. The standard InChI is InChI=1S/C15H30N2O5S/c1-4-5-8-17-10-9-16(2)15(17)22-23(18,19)14-7-13-21-12-6-11-20-3/h9-10,15H,4-8,11-14H2,1-3H3. The van der Waals surface area contributed by atoms with E-state index >= 15 is 0 Å². The molecule has 0 bridgehead atoms. The molecule has 0 saturated heterocycles. The zero-order valence-electron chi connectivity index (χ0n) is 14.4. The first-order valence-corrected chi connectivity index (χ1v) is 9.71. The predicted octanol–water partition coefficient (Wildman–Crippen LogP) is 1.58. The van der Waals surface area contributed by atoms with E-state index < -0.39 is 16.5 Å². The van der Waals surface area contributed by atoms with Crippen LogP contribution in [0.2, 0.25) is 0 Å². The van der Waals surface area contributed by atoms with Gasteiger partial charge in [-0.15, -0.1) is 0 Å². The molecule has 1 atom stereocenters. The summed E-state index contributed by atoms with van der Waals surface area (Å²) in [5, 5.41) is 0. The molecule has 0 saturated carbocycles. The fraction of sp³-hybridized carbons (Fsp3) is 0.867. The average molecular weight is 350 g/mol. The highest BCUT2D eigenvalue weighted by molar-refractivity contribution is 7.86. The van der Waals surface area contributed by atoms with Crippen LogP contribution in [0, 0.1) is 0 Å². The van der Waals surface area contributed by atoms with Gasteiger partial charge in [0, 0.05) is 52.9 Å². The van der Waals surface area contributed by atoms with Gasteiger partial charge in [-0.3, -0.25) is 0 Å². The first kappa shape index (κ1) is 20.2. The molecular weight excluding hydrogens is 320 g/mol. The minimum Gasteiger partial charge on any atom is -0.385 e. The first-order valence-electron chi connectivity index (χ1n) is 8.14. The van der Waals surface area contributed by atoms with Crippen LogP contribution in [0.4, 0.5) is 0 Å². The Bertz CT molecular complexity index is 441. The fourth-order valence-electron chi connectivity index (χ4n) is 2.15. The number of hydrogen-bond acceptors (Lipinski definition) is 7. The van der Waals surface area contributed by atoms with Crippen molar-refractivity contribution >= 4 is 10.1 Å². The minimum absolute atomic E-state index is 0.0385. The quantitative estimate of drug-likeness (QED) is 0.369. The van der Waals surface area contributed by atoms with Gasteiger partial charge in [0.05, 0.1) is 5.75 Å². The molecule has 23 heavy (non-hydrogen) atoms. The van der Waals surface area contributed by atoms with E-state index in [1.807, 2.05) is 24.3 Å². The molecule has 1 aliphatic rings. The van der Waals surface area contributed by atoms with Gasteiger partial charge in [-0.25, -0.2) is 4.18 Å². The molecule has 0 N–H and O–H groups in total. The lowest BCUT2D eigenvalue weighted by Gasteiger charge is -2.29. The van der Waals surface area contributed by atoms with Gasteiger partial charge in [-0.1, -0.05) is 13.3 Å². The Labute approximate surface area is 140 Å². The van der Waals surface area contributed by atoms with Crippen molar-refractivity contribution in [1.82, 2.24) is 9.80 Å². The van der Waals surface area contributed by atoms with Gasteiger partial charge in [0.2, 0.25) is 6.35 Å². The number of nitrogens with zero attached hydrogens (tertiary/aromatic N) is 2. The maximum absolute atomic E-state index is 12.1. The minimum atomic E-state index is -3.58. The largest absolute Gasteiger partial charge is 0.385 e. The number of rotatable bonds is 13. The second kappa shape index (κ2) is 10.9. The van der Waals surface area contributed by atoms with Crippen LogP contribution < -0.4 is 0 Å². The number of methoxy groups -OCH3 is 1. The van der Waals surface area contributed by atoms with Crippen LogP contribution in [0.25, 0.3) is 0 Å². The molecule has 1 rings (SSSR count). The van der Waals surface area contributed by atoms with E-state index in [9.17, 15) is 8.42 Å². The third-order valence-corrected chi connectivity index (χ3v) is 4.70.